The van der Waals surface area contributed by atoms with Gasteiger partial charge in [-0.1, -0.05) is 28.9 Å². The van der Waals surface area contributed by atoms with Gasteiger partial charge in [-0.15, -0.1) is 0 Å². The third-order valence-corrected chi connectivity index (χ3v) is 5.07. The van der Waals surface area contributed by atoms with Crippen molar-refractivity contribution in [2.75, 3.05) is 13.7 Å². The molecule has 0 unspecified atom stereocenters. The van der Waals surface area contributed by atoms with Crippen LogP contribution in [-0.2, 0) is 27.4 Å². The highest BCUT2D eigenvalue weighted by Gasteiger charge is 2.16. The number of halogens is 1. The summed E-state index contributed by atoms with van der Waals surface area (Å²) in [5, 5.41) is 14.0. The number of carbonyl (C=O) groups is 1. The standard InChI is InChI=1S/C23H22ClN3O4/c1-15-10-18(16(2)27(15)8-9-29-3)11-19(13-25)23(28)30-14-21-12-22(26-31-21)17-4-6-20(24)7-5-17/h4-7,10-12H,8-9,14H2,1-3H3/b19-11+. The molecule has 0 spiro atoms. The molecule has 160 valence electrons. The molecule has 2 aromatic heterocycles. The second-order valence-electron chi connectivity index (χ2n) is 6.90. The van der Waals surface area contributed by atoms with Gasteiger partial charge in [0.1, 0.15) is 17.3 Å². The van der Waals surface area contributed by atoms with Gasteiger partial charge in [0.2, 0.25) is 0 Å². The molecule has 0 amide bonds. The Balaban J connectivity index is 1.68. The van der Waals surface area contributed by atoms with Crippen LogP contribution >= 0.6 is 11.6 Å². The molecule has 0 aliphatic rings. The Morgan fingerprint density at radius 2 is 2.03 bits per heavy atom. The average molecular weight is 440 g/mol. The zero-order valence-corrected chi connectivity index (χ0v) is 18.3. The molecule has 1 aromatic carbocycles. The van der Waals surface area contributed by atoms with Crippen LogP contribution in [0.1, 0.15) is 22.7 Å². The first-order chi connectivity index (χ1) is 14.9. The van der Waals surface area contributed by atoms with Crippen molar-refractivity contribution >= 4 is 23.6 Å². The molecular formula is C23H22ClN3O4. The summed E-state index contributed by atoms with van der Waals surface area (Å²) in [6.07, 6.45) is 1.54. The van der Waals surface area contributed by atoms with Gasteiger partial charge in [-0.25, -0.2) is 4.79 Å². The number of rotatable bonds is 8. The average Bonchev–Trinajstić information content (AvgIpc) is 3.34. The number of carbonyl (C=O) groups excluding carboxylic acids is 1. The van der Waals surface area contributed by atoms with E-state index < -0.39 is 5.97 Å². The first-order valence-corrected chi connectivity index (χ1v) is 9.97. The Bertz CT molecular complexity index is 1140. The van der Waals surface area contributed by atoms with Gasteiger partial charge in [-0.2, -0.15) is 5.26 Å². The second-order valence-corrected chi connectivity index (χ2v) is 7.34. The molecule has 8 heteroatoms. The van der Waals surface area contributed by atoms with E-state index in [2.05, 4.69) is 9.72 Å². The van der Waals surface area contributed by atoms with Crippen molar-refractivity contribution in [3.05, 3.63) is 69.7 Å². The molecule has 0 atom stereocenters. The molecule has 0 radical (unpaired) electrons. The molecule has 31 heavy (non-hydrogen) atoms. The molecular weight excluding hydrogens is 418 g/mol. The monoisotopic (exact) mass is 439 g/mol. The van der Waals surface area contributed by atoms with Crippen LogP contribution in [0.25, 0.3) is 17.3 Å². The van der Waals surface area contributed by atoms with Crippen LogP contribution in [0.5, 0.6) is 0 Å². The van der Waals surface area contributed by atoms with Gasteiger partial charge in [-0.3, -0.25) is 0 Å². The Kier molecular flexibility index (Phi) is 7.29. The fraction of sp³-hybridized carbons (Fsp3) is 0.261. The van der Waals surface area contributed by atoms with Crippen LogP contribution in [0.3, 0.4) is 0 Å². The lowest BCUT2D eigenvalue weighted by molar-refractivity contribution is -0.140. The van der Waals surface area contributed by atoms with Gasteiger partial charge < -0.3 is 18.6 Å². The van der Waals surface area contributed by atoms with Crippen molar-refractivity contribution in [1.82, 2.24) is 9.72 Å². The van der Waals surface area contributed by atoms with Crippen molar-refractivity contribution in [2.24, 2.45) is 0 Å². The fourth-order valence-corrected chi connectivity index (χ4v) is 3.27. The summed E-state index contributed by atoms with van der Waals surface area (Å²) in [6.45, 7) is 5.02. The number of nitrogens with zero attached hydrogens (tertiary/aromatic N) is 3. The number of aryl methyl sites for hydroxylation is 1. The molecule has 0 aliphatic heterocycles. The lowest BCUT2D eigenvalue weighted by Gasteiger charge is -2.08. The maximum absolute atomic E-state index is 12.4. The number of benzene rings is 1. The first kappa shape index (κ1) is 22.3. The van der Waals surface area contributed by atoms with Gasteiger partial charge in [0.25, 0.3) is 0 Å². The van der Waals surface area contributed by atoms with E-state index in [0.717, 1.165) is 22.5 Å². The normalized spacial score (nSPS) is 11.4. The fourth-order valence-electron chi connectivity index (χ4n) is 3.14. The molecule has 0 N–H and O–H groups in total. The predicted molar refractivity (Wildman–Crippen MR) is 116 cm³/mol. The molecule has 3 aromatic rings. The molecule has 0 fully saturated rings. The van der Waals surface area contributed by atoms with Gasteiger partial charge in [0.05, 0.1) is 6.61 Å². The molecule has 0 aliphatic carbocycles. The molecule has 7 nitrogen and oxygen atoms in total. The Labute approximate surface area is 185 Å². The number of esters is 1. The quantitative estimate of drug-likeness (QED) is 0.287. The summed E-state index contributed by atoms with van der Waals surface area (Å²) in [4.78, 5) is 12.4. The highest BCUT2D eigenvalue weighted by Crippen LogP contribution is 2.22. The highest BCUT2D eigenvalue weighted by atomic mass is 35.5. The summed E-state index contributed by atoms with van der Waals surface area (Å²) < 4.78 is 17.7. The summed E-state index contributed by atoms with van der Waals surface area (Å²) in [5.74, 6) is -0.359. The maximum atomic E-state index is 12.4. The Hall–Kier alpha value is -3.34. The van der Waals surface area contributed by atoms with Crippen molar-refractivity contribution in [1.29, 1.82) is 5.26 Å². The number of hydrogen-bond acceptors (Lipinski definition) is 6. The second kappa shape index (κ2) is 10.1. The number of methoxy groups -OCH3 is 1. The molecule has 0 saturated carbocycles. The van der Waals surface area contributed by atoms with E-state index in [1.54, 1.807) is 25.3 Å². The van der Waals surface area contributed by atoms with E-state index in [4.69, 9.17) is 25.6 Å². The van der Waals surface area contributed by atoms with Crippen molar-refractivity contribution < 1.29 is 18.8 Å². The third kappa shape index (κ3) is 5.43. The number of hydrogen-bond donors (Lipinski definition) is 0. The third-order valence-electron chi connectivity index (χ3n) is 4.82. The zero-order valence-electron chi connectivity index (χ0n) is 17.5. The topological polar surface area (TPSA) is 90.3 Å². The van der Waals surface area contributed by atoms with Crippen LogP contribution in [0, 0.1) is 25.2 Å². The van der Waals surface area contributed by atoms with Crippen LogP contribution in [0.4, 0.5) is 0 Å². The van der Waals surface area contributed by atoms with E-state index >= 15 is 0 Å². The maximum Gasteiger partial charge on any atom is 0.349 e. The number of aromatic nitrogens is 2. The summed E-state index contributed by atoms with van der Waals surface area (Å²) in [6, 6.07) is 12.6. The van der Waals surface area contributed by atoms with E-state index in [-0.39, 0.29) is 12.2 Å². The SMILES string of the molecule is COCCn1c(C)cc(/C=C(\C#N)C(=O)OCc2cc(-c3ccc(Cl)cc3)no2)c1C. The largest absolute Gasteiger partial charge is 0.453 e. The number of ether oxygens (including phenoxy) is 2. The smallest absolute Gasteiger partial charge is 0.349 e. The predicted octanol–water partition coefficient (Wildman–Crippen LogP) is 4.71. The molecule has 2 heterocycles. The first-order valence-electron chi connectivity index (χ1n) is 9.59. The summed E-state index contributed by atoms with van der Waals surface area (Å²) in [7, 11) is 1.64. The summed E-state index contributed by atoms with van der Waals surface area (Å²) in [5.41, 5.74) is 4.08. The van der Waals surface area contributed by atoms with E-state index in [0.29, 0.717) is 29.6 Å². The van der Waals surface area contributed by atoms with E-state index in [1.807, 2.05) is 38.1 Å². The van der Waals surface area contributed by atoms with Gasteiger partial charge in [0.15, 0.2) is 12.4 Å². The van der Waals surface area contributed by atoms with Crippen molar-refractivity contribution in [3.8, 4) is 17.3 Å². The van der Waals surface area contributed by atoms with Crippen LogP contribution < -0.4 is 0 Å². The summed E-state index contributed by atoms with van der Waals surface area (Å²) >= 11 is 5.89. The van der Waals surface area contributed by atoms with Crippen molar-refractivity contribution in [3.63, 3.8) is 0 Å². The van der Waals surface area contributed by atoms with Crippen LogP contribution in [-0.4, -0.2) is 29.4 Å². The van der Waals surface area contributed by atoms with E-state index in [1.165, 1.54) is 6.08 Å². The zero-order chi connectivity index (χ0) is 22.4. The van der Waals surface area contributed by atoms with Gasteiger partial charge in [-0.05, 0) is 43.7 Å². The van der Waals surface area contributed by atoms with Gasteiger partial charge >= 0.3 is 5.97 Å². The van der Waals surface area contributed by atoms with E-state index in [9.17, 15) is 10.1 Å². The minimum atomic E-state index is -0.728. The lowest BCUT2D eigenvalue weighted by atomic mass is 10.1. The highest BCUT2D eigenvalue weighted by molar-refractivity contribution is 6.30. The number of nitriles is 1. The lowest BCUT2D eigenvalue weighted by Crippen LogP contribution is -2.08. The molecule has 0 saturated heterocycles. The Morgan fingerprint density at radius 3 is 2.71 bits per heavy atom. The van der Waals surface area contributed by atoms with Crippen LogP contribution in [0.2, 0.25) is 5.02 Å². The van der Waals surface area contributed by atoms with Crippen LogP contribution in [0.15, 0.2) is 46.5 Å². The Morgan fingerprint density at radius 1 is 1.29 bits per heavy atom. The molecule has 3 rings (SSSR count). The minimum absolute atomic E-state index is 0.0931. The van der Waals surface area contributed by atoms with Crippen molar-refractivity contribution in [2.45, 2.75) is 27.0 Å². The molecule has 0 bridgehead atoms. The minimum Gasteiger partial charge on any atom is -0.453 e. The van der Waals surface area contributed by atoms with Gasteiger partial charge in [0, 0.05) is 41.7 Å².